The average Bonchev–Trinajstić information content (AvgIpc) is 3.34. The highest BCUT2D eigenvalue weighted by molar-refractivity contribution is 6.17. The number of aromatic nitrogens is 3. The lowest BCUT2D eigenvalue weighted by molar-refractivity contribution is 0.999. The Labute approximate surface area is 162 Å². The van der Waals surface area contributed by atoms with Crippen molar-refractivity contribution in [3.05, 3.63) is 99.6 Å². The molecule has 29 heavy (non-hydrogen) atoms. The Bertz CT molecular complexity index is 1840. The van der Waals surface area contributed by atoms with Crippen molar-refractivity contribution >= 4 is 43.9 Å². The van der Waals surface area contributed by atoms with E-state index in [9.17, 15) is 9.59 Å². The summed E-state index contributed by atoms with van der Waals surface area (Å²) in [6.07, 6.45) is 0. The molecule has 0 saturated carbocycles. The maximum absolute atomic E-state index is 13.6. The van der Waals surface area contributed by atoms with Crippen LogP contribution in [-0.4, -0.2) is 13.4 Å². The molecule has 4 heterocycles. The van der Waals surface area contributed by atoms with Gasteiger partial charge in [0.2, 0.25) is 0 Å². The maximum atomic E-state index is 13.6. The summed E-state index contributed by atoms with van der Waals surface area (Å²) in [7, 11) is 0. The fourth-order valence-corrected chi connectivity index (χ4v) is 4.82. The molecule has 5 heteroatoms. The Morgan fingerprint density at radius 3 is 2.10 bits per heavy atom. The number of nitrogens with zero attached hydrogens (tertiary/aromatic N) is 3. The van der Waals surface area contributed by atoms with Gasteiger partial charge in [-0.05, 0) is 36.4 Å². The second-order valence-corrected chi connectivity index (χ2v) is 7.40. The molecule has 3 aromatic carbocycles. The summed E-state index contributed by atoms with van der Waals surface area (Å²) in [6.45, 7) is 0. The van der Waals surface area contributed by atoms with E-state index in [4.69, 9.17) is 0 Å². The van der Waals surface area contributed by atoms with Gasteiger partial charge in [-0.1, -0.05) is 42.5 Å². The van der Waals surface area contributed by atoms with Crippen molar-refractivity contribution in [1.29, 1.82) is 0 Å². The number of rotatable bonds is 1. The largest absolute Gasteiger partial charge is 0.288 e. The van der Waals surface area contributed by atoms with Gasteiger partial charge >= 0.3 is 0 Å². The number of hydrogen-bond acceptors (Lipinski definition) is 2. The summed E-state index contributed by atoms with van der Waals surface area (Å²) in [5, 5.41) is 2.60. The standard InChI is InChI=1S/C24H13N3O2/c28-23-17-11-10-16-15-8-4-5-9-18(15)27-21(16)22(17)26-19(24(27)29)12-13-20(26)25(23)14-6-2-1-3-7-14/h1-13H. The van der Waals surface area contributed by atoms with E-state index in [1.807, 2.05) is 83.3 Å². The van der Waals surface area contributed by atoms with Crippen molar-refractivity contribution < 1.29 is 0 Å². The average molecular weight is 375 g/mol. The van der Waals surface area contributed by atoms with E-state index >= 15 is 0 Å². The van der Waals surface area contributed by atoms with Crippen molar-refractivity contribution in [2.75, 3.05) is 0 Å². The highest BCUT2D eigenvalue weighted by atomic mass is 16.1. The van der Waals surface area contributed by atoms with Crippen LogP contribution in [0.2, 0.25) is 0 Å². The third-order valence-electron chi connectivity index (χ3n) is 5.99. The Morgan fingerprint density at radius 2 is 1.24 bits per heavy atom. The van der Waals surface area contributed by atoms with Crippen molar-refractivity contribution in [3.8, 4) is 5.69 Å². The molecule has 0 radical (unpaired) electrons. The van der Waals surface area contributed by atoms with Gasteiger partial charge in [0.15, 0.2) is 0 Å². The molecule has 5 nitrogen and oxygen atoms in total. The Morgan fingerprint density at radius 1 is 0.517 bits per heavy atom. The van der Waals surface area contributed by atoms with Gasteiger partial charge in [-0.3, -0.25) is 23.0 Å². The SMILES string of the molecule is O=c1c2ccc3c4ccccc4n4c(=O)c5ccc(n1-c1ccccc1)n5c2c34. The lowest BCUT2D eigenvalue weighted by atomic mass is 10.1. The monoisotopic (exact) mass is 375 g/mol. The smallest absolute Gasteiger partial charge is 0.279 e. The highest BCUT2D eigenvalue weighted by Gasteiger charge is 2.23. The number of hydrogen-bond donors (Lipinski definition) is 0. The Kier molecular flexibility index (Phi) is 2.48. The van der Waals surface area contributed by atoms with Gasteiger partial charge < -0.3 is 0 Å². The van der Waals surface area contributed by atoms with Crippen LogP contribution >= 0.6 is 0 Å². The molecule has 0 atom stereocenters. The maximum Gasteiger partial charge on any atom is 0.279 e. The fourth-order valence-electron chi connectivity index (χ4n) is 4.82. The molecule has 7 rings (SSSR count). The first-order valence-electron chi connectivity index (χ1n) is 9.48. The van der Waals surface area contributed by atoms with E-state index < -0.39 is 0 Å². The topological polar surface area (TPSA) is 47.9 Å². The van der Waals surface area contributed by atoms with Gasteiger partial charge in [0, 0.05) is 10.8 Å². The van der Waals surface area contributed by atoms with Crippen LogP contribution in [0.15, 0.2) is 88.5 Å². The summed E-state index contributed by atoms with van der Waals surface area (Å²) in [4.78, 5) is 27.0. The van der Waals surface area contributed by atoms with Gasteiger partial charge in [-0.25, -0.2) is 0 Å². The summed E-state index contributed by atoms with van der Waals surface area (Å²) in [5.41, 5.74) is 4.35. The summed E-state index contributed by atoms with van der Waals surface area (Å²) >= 11 is 0. The van der Waals surface area contributed by atoms with Gasteiger partial charge in [0.25, 0.3) is 11.1 Å². The molecule has 136 valence electrons. The van der Waals surface area contributed by atoms with Gasteiger partial charge in [-0.2, -0.15) is 0 Å². The third kappa shape index (κ3) is 1.59. The minimum atomic E-state index is -0.0867. The zero-order chi connectivity index (χ0) is 19.3. The van der Waals surface area contributed by atoms with Crippen LogP contribution in [0.4, 0.5) is 0 Å². The molecule has 0 aliphatic rings. The lowest BCUT2D eigenvalue weighted by Gasteiger charge is -2.15. The molecule has 0 bridgehead atoms. The highest BCUT2D eigenvalue weighted by Crippen LogP contribution is 2.34. The van der Waals surface area contributed by atoms with Crippen molar-refractivity contribution in [3.63, 3.8) is 0 Å². The first-order valence-corrected chi connectivity index (χ1v) is 9.48. The molecule has 0 N–H and O–H groups in total. The number of benzene rings is 3. The van der Waals surface area contributed by atoms with Crippen LogP contribution in [0.5, 0.6) is 0 Å². The molecule has 0 fully saturated rings. The zero-order valence-corrected chi connectivity index (χ0v) is 15.2. The van der Waals surface area contributed by atoms with Gasteiger partial charge in [-0.15, -0.1) is 0 Å². The first kappa shape index (κ1) is 14.9. The van der Waals surface area contributed by atoms with Gasteiger partial charge in [0.05, 0.1) is 27.6 Å². The van der Waals surface area contributed by atoms with Crippen molar-refractivity contribution in [2.45, 2.75) is 0 Å². The van der Waals surface area contributed by atoms with Gasteiger partial charge in [0.1, 0.15) is 11.2 Å². The van der Waals surface area contributed by atoms with E-state index in [2.05, 4.69) is 0 Å². The van der Waals surface area contributed by atoms with Crippen LogP contribution < -0.4 is 11.1 Å². The zero-order valence-electron chi connectivity index (χ0n) is 15.2. The van der Waals surface area contributed by atoms with E-state index in [0.717, 1.165) is 33.0 Å². The van der Waals surface area contributed by atoms with E-state index in [-0.39, 0.29) is 11.1 Å². The van der Waals surface area contributed by atoms with E-state index in [1.165, 1.54) is 0 Å². The molecule has 0 aliphatic heterocycles. The van der Waals surface area contributed by atoms with E-state index in [0.29, 0.717) is 16.6 Å². The summed E-state index contributed by atoms with van der Waals surface area (Å²) < 4.78 is 5.38. The van der Waals surface area contributed by atoms with Crippen molar-refractivity contribution in [2.24, 2.45) is 0 Å². The quantitative estimate of drug-likeness (QED) is 0.435. The van der Waals surface area contributed by atoms with Crippen LogP contribution in [0.1, 0.15) is 0 Å². The molecule has 7 aromatic rings. The lowest BCUT2D eigenvalue weighted by Crippen LogP contribution is -2.24. The van der Waals surface area contributed by atoms with E-state index in [1.54, 1.807) is 8.97 Å². The number of fused-ring (bicyclic) bond motifs is 3. The second kappa shape index (κ2) is 4.83. The third-order valence-corrected chi connectivity index (χ3v) is 5.99. The summed E-state index contributed by atoms with van der Waals surface area (Å²) in [5.74, 6) is 0. The molecule has 0 spiro atoms. The number of para-hydroxylation sites is 2. The van der Waals surface area contributed by atoms with Crippen LogP contribution in [0.25, 0.3) is 49.6 Å². The second-order valence-electron chi connectivity index (χ2n) is 7.40. The van der Waals surface area contributed by atoms with Crippen molar-refractivity contribution in [1.82, 2.24) is 13.4 Å². The molecular weight excluding hydrogens is 362 g/mol. The molecule has 0 amide bonds. The minimum Gasteiger partial charge on any atom is -0.288 e. The normalized spacial score (nSPS) is 12.4. The molecule has 0 unspecified atom stereocenters. The summed E-state index contributed by atoms with van der Waals surface area (Å²) in [6, 6.07) is 25.0. The molecule has 0 aliphatic carbocycles. The van der Waals surface area contributed by atoms with Crippen LogP contribution in [0.3, 0.4) is 0 Å². The molecule has 4 aromatic heterocycles. The van der Waals surface area contributed by atoms with Crippen LogP contribution in [0, 0.1) is 0 Å². The minimum absolute atomic E-state index is 0.0746. The Hall–Kier alpha value is -4.12. The predicted molar refractivity (Wildman–Crippen MR) is 115 cm³/mol. The molecule has 0 saturated heterocycles. The first-order chi connectivity index (χ1) is 14.3. The fraction of sp³-hybridized carbons (Fsp3) is 0. The molecular formula is C24H13N3O2. The van der Waals surface area contributed by atoms with Crippen LogP contribution in [-0.2, 0) is 0 Å². The Balaban J connectivity index is 1.88. The predicted octanol–water partition coefficient (Wildman–Crippen LogP) is 4.04.